The highest BCUT2D eigenvalue weighted by molar-refractivity contribution is 4.88. The summed E-state index contributed by atoms with van der Waals surface area (Å²) in [6, 6.07) is 0.497. The Kier molecular flexibility index (Phi) is 4.68. The van der Waals surface area contributed by atoms with E-state index in [0.717, 1.165) is 19.4 Å². The molecule has 2 unspecified atom stereocenters. The lowest BCUT2D eigenvalue weighted by molar-refractivity contribution is 0.0745. The van der Waals surface area contributed by atoms with Crippen molar-refractivity contribution in [2.24, 2.45) is 5.92 Å². The van der Waals surface area contributed by atoms with E-state index in [1.54, 1.807) is 7.11 Å². The van der Waals surface area contributed by atoms with Crippen LogP contribution in [0.3, 0.4) is 0 Å². The maximum absolute atomic E-state index is 9.24. The number of aliphatic hydroxyl groups excluding tert-OH is 1. The van der Waals surface area contributed by atoms with Gasteiger partial charge in [-0.2, -0.15) is 4.98 Å². The van der Waals surface area contributed by atoms with E-state index in [1.165, 1.54) is 0 Å². The number of piperidine rings is 1. The molecule has 0 radical (unpaired) electrons. The van der Waals surface area contributed by atoms with Gasteiger partial charge in [-0.15, -0.1) is 0 Å². The second-order valence-corrected chi connectivity index (χ2v) is 4.94. The fourth-order valence-corrected chi connectivity index (χ4v) is 2.35. The summed E-state index contributed by atoms with van der Waals surface area (Å²) in [4.78, 5) is 6.57. The summed E-state index contributed by atoms with van der Waals surface area (Å²) in [6.07, 6.45) is 2.20. The third kappa shape index (κ3) is 3.28. The molecule has 0 spiro atoms. The molecule has 0 aromatic carbocycles. The van der Waals surface area contributed by atoms with Crippen LogP contribution in [0.2, 0.25) is 0 Å². The Bertz CT molecular complexity index is 369. The zero-order valence-corrected chi connectivity index (χ0v) is 11.0. The van der Waals surface area contributed by atoms with E-state index in [4.69, 9.17) is 9.26 Å². The van der Waals surface area contributed by atoms with Crippen LogP contribution in [-0.2, 0) is 17.9 Å². The first-order chi connectivity index (χ1) is 8.72. The van der Waals surface area contributed by atoms with Crippen molar-refractivity contribution in [2.45, 2.75) is 39.0 Å². The van der Waals surface area contributed by atoms with E-state index in [9.17, 15) is 5.11 Å². The summed E-state index contributed by atoms with van der Waals surface area (Å²) in [6.45, 7) is 4.37. The van der Waals surface area contributed by atoms with E-state index < -0.39 is 0 Å². The molecular weight excluding hydrogens is 234 g/mol. The number of aromatic nitrogens is 2. The van der Waals surface area contributed by atoms with Gasteiger partial charge in [0.15, 0.2) is 5.82 Å². The van der Waals surface area contributed by atoms with E-state index in [-0.39, 0.29) is 6.61 Å². The van der Waals surface area contributed by atoms with Gasteiger partial charge in [0, 0.05) is 26.3 Å². The molecule has 1 aromatic rings. The molecule has 2 atom stereocenters. The van der Waals surface area contributed by atoms with E-state index in [2.05, 4.69) is 22.0 Å². The van der Waals surface area contributed by atoms with Gasteiger partial charge in [0.1, 0.15) is 6.61 Å². The number of hydrogen-bond acceptors (Lipinski definition) is 6. The fraction of sp³-hybridized carbons (Fsp3) is 0.833. The third-order valence-corrected chi connectivity index (χ3v) is 3.49. The third-order valence-electron chi connectivity index (χ3n) is 3.49. The summed E-state index contributed by atoms with van der Waals surface area (Å²) in [5, 5.41) is 13.2. The van der Waals surface area contributed by atoms with Crippen LogP contribution < -0.4 is 0 Å². The molecule has 1 aromatic heterocycles. The second-order valence-electron chi connectivity index (χ2n) is 4.94. The lowest BCUT2D eigenvalue weighted by Crippen LogP contribution is -2.42. The molecule has 1 fully saturated rings. The molecule has 6 heteroatoms. The van der Waals surface area contributed by atoms with Gasteiger partial charge in [0.05, 0.1) is 6.54 Å². The van der Waals surface area contributed by atoms with Crippen LogP contribution in [0.15, 0.2) is 4.52 Å². The molecule has 2 rings (SSSR count). The molecular formula is C12H21N3O3. The van der Waals surface area contributed by atoms with Crippen molar-refractivity contribution in [2.75, 3.05) is 20.3 Å². The minimum absolute atomic E-state index is 0.254. The lowest BCUT2D eigenvalue weighted by atomic mass is 9.94. The first kappa shape index (κ1) is 13.5. The number of methoxy groups -OCH3 is 1. The molecule has 0 aliphatic carbocycles. The van der Waals surface area contributed by atoms with Crippen LogP contribution in [0.5, 0.6) is 0 Å². The van der Waals surface area contributed by atoms with Crippen molar-refractivity contribution in [3.63, 3.8) is 0 Å². The topological polar surface area (TPSA) is 71.6 Å². The molecule has 1 N–H and O–H groups in total. The van der Waals surface area contributed by atoms with Gasteiger partial charge >= 0.3 is 0 Å². The van der Waals surface area contributed by atoms with Crippen LogP contribution in [0.1, 0.15) is 31.5 Å². The smallest absolute Gasteiger partial charge is 0.252 e. The highest BCUT2D eigenvalue weighted by Crippen LogP contribution is 2.22. The van der Waals surface area contributed by atoms with E-state index in [0.29, 0.717) is 36.8 Å². The Balaban J connectivity index is 1.93. The minimum Gasteiger partial charge on any atom is -0.396 e. The maximum Gasteiger partial charge on any atom is 0.252 e. The Labute approximate surface area is 107 Å². The Morgan fingerprint density at radius 2 is 2.33 bits per heavy atom. The largest absolute Gasteiger partial charge is 0.396 e. The number of aliphatic hydroxyl groups is 1. The first-order valence-electron chi connectivity index (χ1n) is 6.38. The fourth-order valence-electron chi connectivity index (χ4n) is 2.35. The summed E-state index contributed by atoms with van der Waals surface area (Å²) < 4.78 is 10.0. The van der Waals surface area contributed by atoms with Crippen LogP contribution in [0, 0.1) is 5.92 Å². The minimum atomic E-state index is 0.254. The zero-order valence-electron chi connectivity index (χ0n) is 11.0. The number of nitrogens with zero attached hydrogens (tertiary/aromatic N) is 3. The van der Waals surface area contributed by atoms with Crippen molar-refractivity contribution >= 4 is 0 Å². The monoisotopic (exact) mass is 255 g/mol. The molecule has 1 aliphatic rings. The Hall–Kier alpha value is -0.980. The van der Waals surface area contributed by atoms with Gasteiger partial charge in [-0.1, -0.05) is 5.16 Å². The van der Waals surface area contributed by atoms with Gasteiger partial charge in [0.25, 0.3) is 5.89 Å². The SMILES string of the molecule is COCc1nc(CN2CC(CO)CCC2C)no1. The van der Waals surface area contributed by atoms with Crippen LogP contribution >= 0.6 is 0 Å². The van der Waals surface area contributed by atoms with Crippen molar-refractivity contribution in [1.82, 2.24) is 15.0 Å². The Morgan fingerprint density at radius 1 is 1.50 bits per heavy atom. The molecule has 1 aliphatic heterocycles. The molecule has 0 bridgehead atoms. The van der Waals surface area contributed by atoms with Gasteiger partial charge < -0.3 is 14.4 Å². The molecule has 1 saturated heterocycles. The maximum atomic E-state index is 9.24. The molecule has 0 saturated carbocycles. The lowest BCUT2D eigenvalue weighted by Gasteiger charge is -2.36. The van der Waals surface area contributed by atoms with Crippen molar-refractivity contribution in [3.8, 4) is 0 Å². The molecule has 6 nitrogen and oxygen atoms in total. The predicted octanol–water partition coefficient (Wildman–Crippen LogP) is 0.809. The van der Waals surface area contributed by atoms with Gasteiger partial charge in [-0.05, 0) is 25.7 Å². The average molecular weight is 255 g/mol. The molecule has 0 amide bonds. The number of likely N-dealkylation sites (tertiary alicyclic amines) is 1. The summed E-state index contributed by atoms with van der Waals surface area (Å²) in [7, 11) is 1.60. The predicted molar refractivity (Wildman–Crippen MR) is 64.7 cm³/mol. The highest BCUT2D eigenvalue weighted by Gasteiger charge is 2.26. The molecule has 102 valence electrons. The summed E-state index contributed by atoms with van der Waals surface area (Å²) in [5.41, 5.74) is 0. The average Bonchev–Trinajstić information content (AvgIpc) is 2.80. The number of ether oxygens (including phenoxy) is 1. The quantitative estimate of drug-likeness (QED) is 0.839. The molecule has 18 heavy (non-hydrogen) atoms. The van der Waals surface area contributed by atoms with Gasteiger partial charge in [-0.3, -0.25) is 4.90 Å². The number of rotatable bonds is 5. The van der Waals surface area contributed by atoms with Crippen molar-refractivity contribution in [3.05, 3.63) is 11.7 Å². The molecule has 2 heterocycles. The standard InChI is InChI=1S/C12H21N3O3/c1-9-3-4-10(7-16)5-15(9)6-11-13-12(8-17-2)18-14-11/h9-10,16H,3-8H2,1-2H3. The first-order valence-corrected chi connectivity index (χ1v) is 6.38. The number of hydrogen-bond donors (Lipinski definition) is 1. The van der Waals surface area contributed by atoms with Crippen molar-refractivity contribution in [1.29, 1.82) is 0 Å². The normalized spacial score (nSPS) is 25.5. The van der Waals surface area contributed by atoms with E-state index in [1.807, 2.05) is 0 Å². The highest BCUT2D eigenvalue weighted by atomic mass is 16.5. The van der Waals surface area contributed by atoms with Gasteiger partial charge in [0.2, 0.25) is 0 Å². The van der Waals surface area contributed by atoms with Gasteiger partial charge in [-0.25, -0.2) is 0 Å². The van der Waals surface area contributed by atoms with Crippen LogP contribution in [0.4, 0.5) is 0 Å². The summed E-state index contributed by atoms with van der Waals surface area (Å²) in [5.74, 6) is 1.56. The Morgan fingerprint density at radius 3 is 3.06 bits per heavy atom. The van der Waals surface area contributed by atoms with Crippen molar-refractivity contribution < 1.29 is 14.4 Å². The van der Waals surface area contributed by atoms with E-state index >= 15 is 0 Å². The van der Waals surface area contributed by atoms with Crippen LogP contribution in [-0.4, -0.2) is 46.5 Å². The van der Waals surface area contributed by atoms with Crippen LogP contribution in [0.25, 0.3) is 0 Å². The zero-order chi connectivity index (χ0) is 13.0. The summed E-state index contributed by atoms with van der Waals surface area (Å²) >= 11 is 0. The second kappa shape index (κ2) is 6.26.